The predicted molar refractivity (Wildman–Crippen MR) is 147 cm³/mol. The number of carbonyl (C=O) groups excluding carboxylic acids is 1. The third-order valence-electron chi connectivity index (χ3n) is 5.67. The SMILES string of the molecule is COc1ccc(NC(=O)NC(C)c2nnc(SCc3ccccc3)n2-c2cc(Cl)ccc2C)c(OC)c1. The van der Waals surface area contributed by atoms with E-state index in [0.717, 1.165) is 17.0 Å². The molecule has 0 aliphatic heterocycles. The number of aryl methyl sites for hydroxylation is 1. The Labute approximate surface area is 225 Å². The van der Waals surface area contributed by atoms with E-state index < -0.39 is 12.1 Å². The van der Waals surface area contributed by atoms with Crippen molar-refractivity contribution in [2.75, 3.05) is 19.5 Å². The minimum absolute atomic E-state index is 0.410. The lowest BCUT2D eigenvalue weighted by Gasteiger charge is -2.19. The van der Waals surface area contributed by atoms with Gasteiger partial charge in [0.15, 0.2) is 11.0 Å². The molecule has 37 heavy (non-hydrogen) atoms. The van der Waals surface area contributed by atoms with Crippen LogP contribution in [0.4, 0.5) is 10.5 Å². The molecule has 192 valence electrons. The minimum atomic E-state index is -0.471. The van der Waals surface area contributed by atoms with E-state index in [1.54, 1.807) is 37.1 Å². The highest BCUT2D eigenvalue weighted by atomic mass is 35.5. The first kappa shape index (κ1) is 26.4. The number of aromatic nitrogens is 3. The van der Waals surface area contributed by atoms with Crippen molar-refractivity contribution in [2.24, 2.45) is 0 Å². The number of methoxy groups -OCH3 is 2. The molecule has 2 N–H and O–H groups in total. The second-order valence-corrected chi connectivity index (χ2v) is 9.65. The first-order valence-corrected chi connectivity index (χ1v) is 12.9. The predicted octanol–water partition coefficient (Wildman–Crippen LogP) is 6.42. The Morgan fingerprint density at radius 2 is 1.84 bits per heavy atom. The van der Waals surface area contributed by atoms with Crippen molar-refractivity contribution in [3.05, 3.63) is 88.7 Å². The van der Waals surface area contributed by atoms with Gasteiger partial charge >= 0.3 is 6.03 Å². The third kappa shape index (κ3) is 6.36. The van der Waals surface area contributed by atoms with Gasteiger partial charge in [-0.1, -0.05) is 59.8 Å². The van der Waals surface area contributed by atoms with E-state index in [4.69, 9.17) is 21.1 Å². The van der Waals surface area contributed by atoms with Gasteiger partial charge in [-0.25, -0.2) is 4.79 Å². The fourth-order valence-electron chi connectivity index (χ4n) is 3.75. The maximum absolute atomic E-state index is 12.9. The number of carbonyl (C=O) groups is 1. The summed E-state index contributed by atoms with van der Waals surface area (Å²) in [5.74, 6) is 2.41. The lowest BCUT2D eigenvalue weighted by atomic mass is 10.2. The molecule has 0 bridgehead atoms. The molecule has 4 aromatic rings. The Bertz CT molecular complexity index is 1380. The molecule has 0 fully saturated rings. The van der Waals surface area contributed by atoms with Gasteiger partial charge in [-0.05, 0) is 49.2 Å². The minimum Gasteiger partial charge on any atom is -0.497 e. The van der Waals surface area contributed by atoms with E-state index in [-0.39, 0.29) is 0 Å². The fraction of sp³-hybridized carbons (Fsp3) is 0.222. The molecule has 0 radical (unpaired) electrons. The molecular weight excluding hydrogens is 510 g/mol. The van der Waals surface area contributed by atoms with Crippen LogP contribution in [0.2, 0.25) is 5.02 Å². The smallest absolute Gasteiger partial charge is 0.319 e. The third-order valence-corrected chi connectivity index (χ3v) is 6.91. The largest absolute Gasteiger partial charge is 0.497 e. The van der Waals surface area contributed by atoms with E-state index in [9.17, 15) is 4.79 Å². The van der Waals surface area contributed by atoms with E-state index in [0.29, 0.717) is 33.2 Å². The topological polar surface area (TPSA) is 90.3 Å². The lowest BCUT2D eigenvalue weighted by Crippen LogP contribution is -2.32. The van der Waals surface area contributed by atoms with Gasteiger partial charge in [-0.3, -0.25) is 4.57 Å². The van der Waals surface area contributed by atoms with Gasteiger partial charge in [-0.2, -0.15) is 0 Å². The van der Waals surface area contributed by atoms with Crippen LogP contribution >= 0.6 is 23.4 Å². The van der Waals surface area contributed by atoms with Crippen LogP contribution in [0.3, 0.4) is 0 Å². The Morgan fingerprint density at radius 1 is 1.05 bits per heavy atom. The average Bonchev–Trinajstić information content (AvgIpc) is 3.33. The molecule has 8 nitrogen and oxygen atoms in total. The number of rotatable bonds is 9. The van der Waals surface area contributed by atoms with Crippen molar-refractivity contribution >= 4 is 35.1 Å². The van der Waals surface area contributed by atoms with Gasteiger partial charge in [0.1, 0.15) is 11.5 Å². The van der Waals surface area contributed by atoms with Crippen molar-refractivity contribution in [2.45, 2.75) is 30.8 Å². The van der Waals surface area contributed by atoms with Crippen molar-refractivity contribution in [1.29, 1.82) is 0 Å². The molecule has 0 saturated carbocycles. The molecule has 0 spiro atoms. The first-order chi connectivity index (χ1) is 17.9. The van der Waals surface area contributed by atoms with Crippen LogP contribution in [-0.2, 0) is 5.75 Å². The van der Waals surface area contributed by atoms with E-state index >= 15 is 0 Å². The van der Waals surface area contributed by atoms with Gasteiger partial charge in [-0.15, -0.1) is 10.2 Å². The molecule has 1 unspecified atom stereocenters. The van der Waals surface area contributed by atoms with Crippen LogP contribution in [0.1, 0.15) is 29.9 Å². The molecule has 0 aliphatic rings. The highest BCUT2D eigenvalue weighted by Crippen LogP contribution is 2.31. The zero-order valence-corrected chi connectivity index (χ0v) is 22.6. The van der Waals surface area contributed by atoms with Crippen molar-refractivity contribution in [3.63, 3.8) is 0 Å². The van der Waals surface area contributed by atoms with Crippen molar-refractivity contribution in [3.8, 4) is 17.2 Å². The zero-order valence-electron chi connectivity index (χ0n) is 21.0. The molecule has 0 saturated heterocycles. The summed E-state index contributed by atoms with van der Waals surface area (Å²) in [6.45, 7) is 3.86. The number of thioether (sulfide) groups is 1. The summed E-state index contributed by atoms with van der Waals surface area (Å²) in [6, 6.07) is 20.1. The maximum Gasteiger partial charge on any atom is 0.319 e. The molecule has 3 aromatic carbocycles. The summed E-state index contributed by atoms with van der Waals surface area (Å²) in [6.07, 6.45) is 0. The van der Waals surface area contributed by atoms with Crippen LogP contribution in [-0.4, -0.2) is 35.0 Å². The Balaban J connectivity index is 1.59. The summed E-state index contributed by atoms with van der Waals surface area (Å²) in [5, 5.41) is 16.0. The summed E-state index contributed by atoms with van der Waals surface area (Å²) in [4.78, 5) is 12.9. The van der Waals surface area contributed by atoms with E-state index in [1.807, 2.05) is 54.8 Å². The number of amides is 2. The summed E-state index contributed by atoms with van der Waals surface area (Å²) in [7, 11) is 3.10. The van der Waals surface area contributed by atoms with Gasteiger partial charge in [0.25, 0.3) is 0 Å². The van der Waals surface area contributed by atoms with Gasteiger partial charge < -0.3 is 20.1 Å². The lowest BCUT2D eigenvalue weighted by molar-refractivity contribution is 0.248. The highest BCUT2D eigenvalue weighted by molar-refractivity contribution is 7.98. The Hall–Kier alpha value is -3.69. The average molecular weight is 538 g/mol. The number of anilines is 1. The van der Waals surface area contributed by atoms with Crippen LogP contribution < -0.4 is 20.1 Å². The normalized spacial score (nSPS) is 11.6. The number of halogens is 1. The van der Waals surface area contributed by atoms with Crippen LogP contribution in [0.15, 0.2) is 71.9 Å². The van der Waals surface area contributed by atoms with E-state index in [2.05, 4.69) is 33.0 Å². The summed E-state index contributed by atoms with van der Waals surface area (Å²) < 4.78 is 12.6. The first-order valence-electron chi connectivity index (χ1n) is 11.6. The zero-order chi connectivity index (χ0) is 26.4. The fourth-order valence-corrected chi connectivity index (χ4v) is 4.82. The highest BCUT2D eigenvalue weighted by Gasteiger charge is 2.23. The van der Waals surface area contributed by atoms with Crippen molar-refractivity contribution < 1.29 is 14.3 Å². The second-order valence-electron chi connectivity index (χ2n) is 8.27. The number of urea groups is 1. The Morgan fingerprint density at radius 3 is 2.57 bits per heavy atom. The number of ether oxygens (including phenoxy) is 2. The molecular formula is C27H28ClN5O3S. The standard InChI is InChI=1S/C27H28ClN5O3S/c1-17-10-11-20(28)14-23(17)33-25(31-32-27(33)37-16-19-8-6-5-7-9-19)18(2)29-26(34)30-22-13-12-21(35-3)15-24(22)36-4/h5-15,18H,16H2,1-4H3,(H2,29,30,34). The summed E-state index contributed by atoms with van der Waals surface area (Å²) >= 11 is 7.92. The monoisotopic (exact) mass is 537 g/mol. The van der Waals surface area contributed by atoms with Crippen molar-refractivity contribution in [1.82, 2.24) is 20.1 Å². The van der Waals surface area contributed by atoms with E-state index in [1.165, 1.54) is 12.7 Å². The maximum atomic E-state index is 12.9. The number of hydrogen-bond donors (Lipinski definition) is 2. The van der Waals surface area contributed by atoms with Crippen LogP contribution in [0.5, 0.6) is 11.5 Å². The molecule has 1 aromatic heterocycles. The van der Waals surface area contributed by atoms with Gasteiger partial charge in [0, 0.05) is 16.8 Å². The van der Waals surface area contributed by atoms with Gasteiger partial charge in [0.2, 0.25) is 0 Å². The molecule has 10 heteroatoms. The number of benzene rings is 3. The quantitative estimate of drug-likeness (QED) is 0.239. The molecule has 4 rings (SSSR count). The summed E-state index contributed by atoms with van der Waals surface area (Å²) in [5.41, 5.74) is 3.55. The molecule has 2 amide bonds. The second kappa shape index (κ2) is 12.0. The van der Waals surface area contributed by atoms with Crippen LogP contribution in [0, 0.1) is 6.92 Å². The van der Waals surface area contributed by atoms with Gasteiger partial charge in [0.05, 0.1) is 31.6 Å². The molecule has 0 aliphatic carbocycles. The Kier molecular flexibility index (Phi) is 8.58. The number of nitrogens with one attached hydrogen (secondary N) is 2. The number of hydrogen-bond acceptors (Lipinski definition) is 6. The molecule has 1 heterocycles. The van der Waals surface area contributed by atoms with Crippen LogP contribution in [0.25, 0.3) is 5.69 Å². The molecule has 1 atom stereocenters. The number of nitrogens with zero attached hydrogens (tertiary/aromatic N) is 3.